The Balaban J connectivity index is 1.35. The van der Waals surface area contributed by atoms with Gasteiger partial charge >= 0.3 is 0 Å². The Labute approximate surface area is 192 Å². The van der Waals surface area contributed by atoms with E-state index in [1.54, 1.807) is 36.4 Å². The maximum Gasteiger partial charge on any atom is 0.123 e. The summed E-state index contributed by atoms with van der Waals surface area (Å²) in [5.74, 6) is -0.442. The zero-order valence-corrected chi connectivity index (χ0v) is 18.2. The normalized spacial score (nSPS) is 15.5. The van der Waals surface area contributed by atoms with Gasteiger partial charge in [0.2, 0.25) is 0 Å². The van der Waals surface area contributed by atoms with Crippen molar-refractivity contribution < 1.29 is 23.7 Å². The summed E-state index contributed by atoms with van der Waals surface area (Å²) in [6.45, 7) is 2.07. The number of phenols is 1. The zero-order valence-electron chi connectivity index (χ0n) is 18.2. The SMILES string of the molecule is Oc1ccc(C2=CCN(CC(O)COC(c3ccc(F)cc3)c3ccc(F)cc3)CC2)cc1. The highest BCUT2D eigenvalue weighted by Gasteiger charge is 2.20. The molecule has 3 aromatic rings. The molecule has 1 aliphatic rings. The third kappa shape index (κ3) is 6.26. The fraction of sp³-hybridized carbons (Fsp3) is 0.259. The average molecular weight is 452 g/mol. The second kappa shape index (κ2) is 10.7. The van der Waals surface area contributed by atoms with E-state index in [0.717, 1.165) is 29.7 Å². The van der Waals surface area contributed by atoms with Crippen LogP contribution < -0.4 is 0 Å². The predicted molar refractivity (Wildman–Crippen MR) is 124 cm³/mol. The van der Waals surface area contributed by atoms with Gasteiger partial charge in [-0.05, 0) is 65.1 Å². The Bertz CT molecular complexity index is 1020. The number of hydrogen-bond acceptors (Lipinski definition) is 4. The first-order valence-electron chi connectivity index (χ1n) is 11.0. The van der Waals surface area contributed by atoms with E-state index in [1.807, 2.05) is 12.1 Å². The molecule has 4 nitrogen and oxygen atoms in total. The van der Waals surface area contributed by atoms with Crippen LogP contribution in [-0.2, 0) is 4.74 Å². The van der Waals surface area contributed by atoms with E-state index in [2.05, 4.69) is 11.0 Å². The van der Waals surface area contributed by atoms with Gasteiger partial charge in [0.05, 0.1) is 12.7 Å². The standard InChI is InChI=1S/C27H27F2NO3/c28-23-7-1-21(2-8-23)27(22-3-9-24(29)10-4-22)33-18-26(32)17-30-15-13-20(14-16-30)19-5-11-25(31)12-6-19/h1-13,26-27,31-32H,14-18H2. The van der Waals surface area contributed by atoms with Crippen LogP contribution in [0, 0.1) is 11.6 Å². The fourth-order valence-corrected chi connectivity index (χ4v) is 4.03. The number of β-amino-alcohol motifs (C(OH)–C–C–N with tert-alkyl or cyclic N) is 1. The zero-order chi connectivity index (χ0) is 23.2. The summed E-state index contributed by atoms with van der Waals surface area (Å²) < 4.78 is 32.8. The number of nitrogens with zero attached hydrogens (tertiary/aromatic N) is 1. The highest BCUT2D eigenvalue weighted by atomic mass is 19.1. The topological polar surface area (TPSA) is 52.9 Å². The molecule has 0 saturated carbocycles. The van der Waals surface area contributed by atoms with E-state index in [1.165, 1.54) is 29.8 Å². The van der Waals surface area contributed by atoms with Crippen molar-refractivity contribution in [2.75, 3.05) is 26.2 Å². The van der Waals surface area contributed by atoms with Crippen molar-refractivity contribution in [2.45, 2.75) is 18.6 Å². The van der Waals surface area contributed by atoms with Crippen molar-refractivity contribution in [1.82, 2.24) is 4.90 Å². The molecular formula is C27H27F2NO3. The smallest absolute Gasteiger partial charge is 0.123 e. The molecule has 0 fully saturated rings. The monoisotopic (exact) mass is 451 g/mol. The number of rotatable bonds is 8. The van der Waals surface area contributed by atoms with Crippen LogP contribution in [0.4, 0.5) is 8.78 Å². The molecule has 2 N–H and O–H groups in total. The number of aliphatic hydroxyl groups excluding tert-OH is 1. The van der Waals surface area contributed by atoms with E-state index < -0.39 is 12.2 Å². The number of phenolic OH excluding ortho intramolecular Hbond substituents is 1. The fourth-order valence-electron chi connectivity index (χ4n) is 4.03. The highest BCUT2D eigenvalue weighted by Crippen LogP contribution is 2.27. The molecule has 0 radical (unpaired) electrons. The molecule has 0 spiro atoms. The second-order valence-corrected chi connectivity index (χ2v) is 8.26. The highest BCUT2D eigenvalue weighted by molar-refractivity contribution is 5.67. The van der Waals surface area contributed by atoms with Gasteiger partial charge in [0.15, 0.2) is 0 Å². The van der Waals surface area contributed by atoms with Crippen LogP contribution in [0.15, 0.2) is 78.9 Å². The van der Waals surface area contributed by atoms with Crippen LogP contribution in [0.5, 0.6) is 5.75 Å². The third-order valence-electron chi connectivity index (χ3n) is 5.80. The molecule has 0 saturated heterocycles. The molecule has 0 aromatic heterocycles. The summed E-state index contributed by atoms with van der Waals surface area (Å²) in [7, 11) is 0. The minimum atomic E-state index is -0.711. The van der Waals surface area contributed by atoms with Crippen molar-refractivity contribution in [3.8, 4) is 5.75 Å². The van der Waals surface area contributed by atoms with Gasteiger partial charge in [-0.3, -0.25) is 4.90 Å². The first kappa shape index (κ1) is 23.1. The lowest BCUT2D eigenvalue weighted by Crippen LogP contribution is -2.37. The van der Waals surface area contributed by atoms with Crippen molar-refractivity contribution >= 4 is 5.57 Å². The summed E-state index contributed by atoms with van der Waals surface area (Å²) in [4.78, 5) is 2.16. The van der Waals surface area contributed by atoms with Crippen LogP contribution in [-0.4, -0.2) is 47.5 Å². The van der Waals surface area contributed by atoms with Gasteiger partial charge in [-0.1, -0.05) is 42.5 Å². The van der Waals surface area contributed by atoms with Crippen molar-refractivity contribution in [1.29, 1.82) is 0 Å². The van der Waals surface area contributed by atoms with Crippen LogP contribution >= 0.6 is 0 Å². The molecule has 6 heteroatoms. The van der Waals surface area contributed by atoms with Crippen molar-refractivity contribution in [3.63, 3.8) is 0 Å². The summed E-state index contributed by atoms with van der Waals surface area (Å²) in [6.07, 6.45) is 1.75. The third-order valence-corrected chi connectivity index (χ3v) is 5.80. The minimum absolute atomic E-state index is 0.0878. The average Bonchev–Trinajstić information content (AvgIpc) is 2.82. The predicted octanol–water partition coefficient (Wildman–Crippen LogP) is 4.93. The number of benzene rings is 3. The van der Waals surface area contributed by atoms with Crippen LogP contribution in [0.25, 0.3) is 5.57 Å². The van der Waals surface area contributed by atoms with Crippen LogP contribution in [0.3, 0.4) is 0 Å². The number of aliphatic hydroxyl groups is 1. The van der Waals surface area contributed by atoms with Gasteiger partial charge in [-0.2, -0.15) is 0 Å². The van der Waals surface area contributed by atoms with Gasteiger partial charge in [-0.15, -0.1) is 0 Å². The number of halogens is 2. The molecule has 1 atom stereocenters. The van der Waals surface area contributed by atoms with Crippen LogP contribution in [0.2, 0.25) is 0 Å². The van der Waals surface area contributed by atoms with Crippen LogP contribution in [0.1, 0.15) is 29.2 Å². The Morgan fingerprint density at radius 2 is 1.42 bits per heavy atom. The Hall–Kier alpha value is -3.06. The molecule has 3 aromatic carbocycles. The second-order valence-electron chi connectivity index (χ2n) is 8.26. The molecular weight excluding hydrogens is 424 g/mol. The largest absolute Gasteiger partial charge is 0.508 e. The molecule has 172 valence electrons. The van der Waals surface area contributed by atoms with Gasteiger partial charge in [0.1, 0.15) is 23.5 Å². The molecule has 4 rings (SSSR count). The quantitative estimate of drug-likeness (QED) is 0.510. The number of hydrogen-bond donors (Lipinski definition) is 2. The maximum absolute atomic E-state index is 13.4. The van der Waals surface area contributed by atoms with Crippen molar-refractivity contribution in [3.05, 3.63) is 107 Å². The lowest BCUT2D eigenvalue weighted by Gasteiger charge is -2.29. The summed E-state index contributed by atoms with van der Waals surface area (Å²) in [5.41, 5.74) is 3.78. The first-order chi connectivity index (χ1) is 16.0. The number of ether oxygens (including phenoxy) is 1. The molecule has 0 bridgehead atoms. The van der Waals surface area contributed by atoms with Gasteiger partial charge < -0.3 is 14.9 Å². The lowest BCUT2D eigenvalue weighted by atomic mass is 9.99. The minimum Gasteiger partial charge on any atom is -0.508 e. The van der Waals surface area contributed by atoms with Gasteiger partial charge in [0.25, 0.3) is 0 Å². The lowest BCUT2D eigenvalue weighted by molar-refractivity contribution is -0.00720. The summed E-state index contributed by atoms with van der Waals surface area (Å²) in [6, 6.07) is 19.2. The molecule has 1 unspecified atom stereocenters. The molecule has 0 amide bonds. The maximum atomic E-state index is 13.4. The molecule has 33 heavy (non-hydrogen) atoms. The van der Waals surface area contributed by atoms with E-state index >= 15 is 0 Å². The molecule has 0 aliphatic carbocycles. The molecule has 1 aliphatic heterocycles. The van der Waals surface area contributed by atoms with E-state index in [-0.39, 0.29) is 24.0 Å². The molecule has 1 heterocycles. The summed E-state index contributed by atoms with van der Waals surface area (Å²) >= 11 is 0. The summed E-state index contributed by atoms with van der Waals surface area (Å²) in [5, 5.41) is 20.1. The van der Waals surface area contributed by atoms with E-state index in [4.69, 9.17) is 4.74 Å². The van der Waals surface area contributed by atoms with Gasteiger partial charge in [-0.25, -0.2) is 8.78 Å². The van der Waals surface area contributed by atoms with Gasteiger partial charge in [0, 0.05) is 19.6 Å². The van der Waals surface area contributed by atoms with E-state index in [0.29, 0.717) is 13.1 Å². The van der Waals surface area contributed by atoms with Crippen molar-refractivity contribution in [2.24, 2.45) is 0 Å². The number of aromatic hydroxyl groups is 1. The Morgan fingerprint density at radius 3 is 1.94 bits per heavy atom. The Morgan fingerprint density at radius 1 is 0.848 bits per heavy atom. The Kier molecular flexibility index (Phi) is 7.50. The van der Waals surface area contributed by atoms with E-state index in [9.17, 15) is 19.0 Å². The first-order valence-corrected chi connectivity index (χ1v) is 11.0.